The van der Waals surface area contributed by atoms with Crippen molar-refractivity contribution in [3.63, 3.8) is 0 Å². The second-order valence-corrected chi connectivity index (χ2v) is 5.58. The van der Waals surface area contributed by atoms with Crippen LogP contribution in [0.1, 0.15) is 31.2 Å². The summed E-state index contributed by atoms with van der Waals surface area (Å²) in [5, 5.41) is 4.07. The monoisotopic (exact) mass is 221 g/mol. The second-order valence-electron chi connectivity index (χ2n) is 4.20. The standard InChI is InChI=1S/C13H19NS/c1-14-10-11-5-4-8-13(9-11)15-12-6-2-3-7-12/h4-5,8-9,12,14H,2-3,6-7,10H2,1H3. The molecule has 0 aliphatic heterocycles. The van der Waals surface area contributed by atoms with Crippen LogP contribution in [0.15, 0.2) is 29.2 Å². The molecular formula is C13H19NS. The van der Waals surface area contributed by atoms with E-state index in [1.165, 1.54) is 36.1 Å². The molecule has 0 saturated heterocycles. The lowest BCUT2D eigenvalue weighted by Gasteiger charge is -2.09. The van der Waals surface area contributed by atoms with Gasteiger partial charge in [-0.25, -0.2) is 0 Å². The van der Waals surface area contributed by atoms with Gasteiger partial charge in [0.15, 0.2) is 0 Å². The summed E-state index contributed by atoms with van der Waals surface area (Å²) in [7, 11) is 2.00. The van der Waals surface area contributed by atoms with E-state index in [1.807, 2.05) is 7.05 Å². The van der Waals surface area contributed by atoms with Crippen LogP contribution in [0.25, 0.3) is 0 Å². The molecule has 2 rings (SSSR count). The molecule has 1 nitrogen and oxygen atoms in total. The highest BCUT2D eigenvalue weighted by Gasteiger charge is 2.15. The van der Waals surface area contributed by atoms with Gasteiger partial charge in [-0.2, -0.15) is 0 Å². The van der Waals surface area contributed by atoms with Crippen LogP contribution < -0.4 is 5.32 Å². The van der Waals surface area contributed by atoms with E-state index in [4.69, 9.17) is 0 Å². The first kappa shape index (κ1) is 11.0. The summed E-state index contributed by atoms with van der Waals surface area (Å²) in [4.78, 5) is 1.44. The fourth-order valence-electron chi connectivity index (χ4n) is 2.13. The minimum atomic E-state index is 0.870. The predicted octanol–water partition coefficient (Wildman–Crippen LogP) is 3.44. The van der Waals surface area contributed by atoms with Gasteiger partial charge in [0.2, 0.25) is 0 Å². The van der Waals surface area contributed by atoms with Crippen LogP contribution in [0.4, 0.5) is 0 Å². The zero-order chi connectivity index (χ0) is 10.5. The summed E-state index contributed by atoms with van der Waals surface area (Å²) in [5.74, 6) is 0. The van der Waals surface area contributed by atoms with Crippen molar-refractivity contribution in [3.8, 4) is 0 Å². The SMILES string of the molecule is CNCc1cccc(SC2CCCC2)c1. The van der Waals surface area contributed by atoms with Crippen LogP contribution in [0.3, 0.4) is 0 Å². The zero-order valence-electron chi connectivity index (χ0n) is 9.33. The minimum Gasteiger partial charge on any atom is -0.316 e. The normalized spacial score (nSPS) is 17.1. The zero-order valence-corrected chi connectivity index (χ0v) is 10.1. The molecule has 0 spiro atoms. The molecule has 0 bridgehead atoms. The molecule has 0 unspecified atom stereocenters. The van der Waals surface area contributed by atoms with Crippen molar-refractivity contribution >= 4 is 11.8 Å². The van der Waals surface area contributed by atoms with Crippen molar-refractivity contribution in [2.24, 2.45) is 0 Å². The summed E-state index contributed by atoms with van der Waals surface area (Å²) in [6.07, 6.45) is 5.66. The molecule has 82 valence electrons. The van der Waals surface area contributed by atoms with Gasteiger partial charge in [0.05, 0.1) is 0 Å². The van der Waals surface area contributed by atoms with Crippen LogP contribution in [-0.2, 0) is 6.54 Å². The van der Waals surface area contributed by atoms with Crippen LogP contribution in [0, 0.1) is 0 Å². The van der Waals surface area contributed by atoms with Crippen molar-refractivity contribution in [1.82, 2.24) is 5.32 Å². The molecule has 1 aliphatic carbocycles. The Labute approximate surface area is 96.7 Å². The number of nitrogens with one attached hydrogen (secondary N) is 1. The number of rotatable bonds is 4. The first-order valence-electron chi connectivity index (χ1n) is 5.78. The van der Waals surface area contributed by atoms with Crippen molar-refractivity contribution < 1.29 is 0 Å². The molecule has 0 aromatic heterocycles. The third-order valence-electron chi connectivity index (χ3n) is 2.88. The summed E-state index contributed by atoms with van der Waals surface area (Å²) in [6.45, 7) is 0.971. The largest absolute Gasteiger partial charge is 0.316 e. The van der Waals surface area contributed by atoms with Crippen LogP contribution in [0.2, 0.25) is 0 Å². The molecule has 0 atom stereocenters. The van der Waals surface area contributed by atoms with Gasteiger partial charge >= 0.3 is 0 Å². The summed E-state index contributed by atoms with van der Waals surface area (Å²) >= 11 is 2.06. The van der Waals surface area contributed by atoms with Gasteiger partial charge in [-0.05, 0) is 37.6 Å². The van der Waals surface area contributed by atoms with Gasteiger partial charge < -0.3 is 5.32 Å². The summed E-state index contributed by atoms with van der Waals surface area (Å²) in [6, 6.07) is 8.92. The first-order valence-corrected chi connectivity index (χ1v) is 6.66. The fourth-order valence-corrected chi connectivity index (χ4v) is 3.46. The Bertz CT molecular complexity index is 305. The number of thioether (sulfide) groups is 1. The van der Waals surface area contributed by atoms with Crippen molar-refractivity contribution in [1.29, 1.82) is 0 Å². The maximum atomic E-state index is 3.20. The number of hydrogen-bond acceptors (Lipinski definition) is 2. The highest BCUT2D eigenvalue weighted by atomic mass is 32.2. The molecule has 0 radical (unpaired) electrons. The Hall–Kier alpha value is -0.470. The molecule has 1 fully saturated rings. The highest BCUT2D eigenvalue weighted by molar-refractivity contribution is 8.00. The van der Waals surface area contributed by atoms with Gasteiger partial charge in [-0.3, -0.25) is 0 Å². The Morgan fingerprint density at radius 2 is 2.13 bits per heavy atom. The second kappa shape index (κ2) is 5.57. The molecule has 0 amide bonds. The van der Waals surface area contributed by atoms with E-state index in [0.29, 0.717) is 0 Å². The van der Waals surface area contributed by atoms with E-state index in [9.17, 15) is 0 Å². The maximum Gasteiger partial charge on any atom is 0.0202 e. The van der Waals surface area contributed by atoms with E-state index in [0.717, 1.165) is 11.8 Å². The maximum absolute atomic E-state index is 3.20. The average molecular weight is 221 g/mol. The van der Waals surface area contributed by atoms with E-state index in [-0.39, 0.29) is 0 Å². The minimum absolute atomic E-state index is 0.870. The molecule has 2 heteroatoms. The summed E-state index contributed by atoms with van der Waals surface area (Å²) in [5.41, 5.74) is 1.39. The van der Waals surface area contributed by atoms with E-state index in [2.05, 4.69) is 41.3 Å². The molecule has 1 saturated carbocycles. The lowest BCUT2D eigenvalue weighted by atomic mass is 10.2. The van der Waals surface area contributed by atoms with E-state index in [1.54, 1.807) is 0 Å². The van der Waals surface area contributed by atoms with Gasteiger partial charge in [0.1, 0.15) is 0 Å². The molecule has 15 heavy (non-hydrogen) atoms. The molecular weight excluding hydrogens is 202 g/mol. The quantitative estimate of drug-likeness (QED) is 0.836. The van der Waals surface area contributed by atoms with Gasteiger partial charge in [-0.15, -0.1) is 11.8 Å². The topological polar surface area (TPSA) is 12.0 Å². The molecule has 1 N–H and O–H groups in total. The van der Waals surface area contributed by atoms with Crippen molar-refractivity contribution in [2.75, 3.05) is 7.05 Å². The Kier molecular flexibility index (Phi) is 4.09. The molecule has 1 aliphatic rings. The fraction of sp³-hybridized carbons (Fsp3) is 0.538. The third-order valence-corrected chi connectivity index (χ3v) is 4.22. The highest BCUT2D eigenvalue weighted by Crippen LogP contribution is 2.34. The predicted molar refractivity (Wildman–Crippen MR) is 67.3 cm³/mol. The Morgan fingerprint density at radius 3 is 2.87 bits per heavy atom. The summed E-state index contributed by atoms with van der Waals surface area (Å²) < 4.78 is 0. The Balaban J connectivity index is 1.97. The molecule has 1 aromatic carbocycles. The van der Waals surface area contributed by atoms with Gasteiger partial charge in [0, 0.05) is 16.7 Å². The van der Waals surface area contributed by atoms with Crippen molar-refractivity contribution in [3.05, 3.63) is 29.8 Å². The van der Waals surface area contributed by atoms with E-state index >= 15 is 0 Å². The lowest BCUT2D eigenvalue weighted by molar-refractivity contribution is 0.815. The lowest BCUT2D eigenvalue weighted by Crippen LogP contribution is -2.04. The van der Waals surface area contributed by atoms with E-state index < -0.39 is 0 Å². The van der Waals surface area contributed by atoms with Crippen LogP contribution in [-0.4, -0.2) is 12.3 Å². The van der Waals surface area contributed by atoms with Crippen LogP contribution in [0.5, 0.6) is 0 Å². The number of benzene rings is 1. The van der Waals surface area contributed by atoms with Crippen molar-refractivity contribution in [2.45, 2.75) is 42.4 Å². The number of hydrogen-bond donors (Lipinski definition) is 1. The third kappa shape index (κ3) is 3.25. The first-order chi connectivity index (χ1) is 7.38. The average Bonchev–Trinajstić information content (AvgIpc) is 2.71. The smallest absolute Gasteiger partial charge is 0.0202 e. The van der Waals surface area contributed by atoms with Gasteiger partial charge in [-0.1, -0.05) is 25.0 Å². The molecule has 1 aromatic rings. The van der Waals surface area contributed by atoms with Gasteiger partial charge in [0.25, 0.3) is 0 Å². The molecule has 0 heterocycles. The Morgan fingerprint density at radius 1 is 1.33 bits per heavy atom. The van der Waals surface area contributed by atoms with Crippen LogP contribution >= 0.6 is 11.8 Å².